The van der Waals surface area contributed by atoms with Crippen molar-refractivity contribution >= 4 is 11.6 Å². The first-order valence-electron chi connectivity index (χ1n) is 8.10. The highest BCUT2D eigenvalue weighted by Gasteiger charge is 2.21. The predicted octanol–water partition coefficient (Wildman–Crippen LogP) is 4.12. The molecule has 2 aromatic carbocycles. The van der Waals surface area contributed by atoms with E-state index in [0.717, 1.165) is 12.0 Å². The second-order valence-electron chi connectivity index (χ2n) is 6.21. The number of methoxy groups -OCH3 is 1. The molecule has 0 spiro atoms. The number of carbonyl (C=O) groups excluding carboxylic acids is 1. The highest BCUT2D eigenvalue weighted by molar-refractivity contribution is 5.95. The summed E-state index contributed by atoms with van der Waals surface area (Å²) >= 11 is 0. The summed E-state index contributed by atoms with van der Waals surface area (Å²) in [5.74, 6) is 0.166. The van der Waals surface area contributed by atoms with E-state index in [1.54, 1.807) is 0 Å². The molecule has 0 saturated carbocycles. The van der Waals surface area contributed by atoms with Gasteiger partial charge in [-0.2, -0.15) is 0 Å². The minimum atomic E-state index is -0.557. The van der Waals surface area contributed by atoms with Gasteiger partial charge in [-0.1, -0.05) is 44.2 Å². The summed E-state index contributed by atoms with van der Waals surface area (Å²) < 4.78 is 4.97. The van der Waals surface area contributed by atoms with Crippen LogP contribution in [0.2, 0.25) is 0 Å². The van der Waals surface area contributed by atoms with E-state index < -0.39 is 4.92 Å². The van der Waals surface area contributed by atoms with Gasteiger partial charge >= 0.3 is 5.69 Å². The second kappa shape index (κ2) is 8.28. The maximum atomic E-state index is 12.6. The van der Waals surface area contributed by atoms with Crippen molar-refractivity contribution in [3.63, 3.8) is 0 Å². The van der Waals surface area contributed by atoms with E-state index in [9.17, 15) is 14.9 Å². The first-order valence-corrected chi connectivity index (χ1v) is 8.10. The number of nitrogens with one attached hydrogen (secondary N) is 1. The predicted molar refractivity (Wildman–Crippen MR) is 95.8 cm³/mol. The van der Waals surface area contributed by atoms with Crippen LogP contribution in [-0.4, -0.2) is 17.9 Å². The molecule has 1 unspecified atom stereocenters. The Morgan fingerprint density at radius 3 is 2.44 bits per heavy atom. The minimum Gasteiger partial charge on any atom is -0.490 e. The van der Waals surface area contributed by atoms with Crippen molar-refractivity contribution in [1.29, 1.82) is 0 Å². The lowest BCUT2D eigenvalue weighted by Gasteiger charge is -2.21. The Hall–Kier alpha value is -2.89. The normalized spacial score (nSPS) is 11.8. The molecule has 25 heavy (non-hydrogen) atoms. The molecule has 2 rings (SSSR count). The van der Waals surface area contributed by atoms with Crippen molar-refractivity contribution in [1.82, 2.24) is 5.32 Å². The topological polar surface area (TPSA) is 81.5 Å². The maximum Gasteiger partial charge on any atom is 0.311 e. The van der Waals surface area contributed by atoms with Gasteiger partial charge in [-0.05, 0) is 30.0 Å². The standard InChI is InChI=1S/C19H22N2O4/c1-13(2)11-16(14-7-5-4-6-8-14)20-19(22)15-9-10-18(25-3)17(12-15)21(23)24/h4-10,12-13,16H,11H2,1-3H3,(H,20,22). The van der Waals surface area contributed by atoms with E-state index in [0.29, 0.717) is 5.92 Å². The van der Waals surface area contributed by atoms with Crippen molar-refractivity contribution in [2.45, 2.75) is 26.3 Å². The lowest BCUT2D eigenvalue weighted by atomic mass is 9.96. The molecule has 132 valence electrons. The van der Waals surface area contributed by atoms with Gasteiger partial charge in [-0.3, -0.25) is 14.9 Å². The fraction of sp³-hybridized carbons (Fsp3) is 0.316. The van der Waals surface area contributed by atoms with E-state index in [2.05, 4.69) is 19.2 Å². The zero-order valence-electron chi connectivity index (χ0n) is 14.6. The third kappa shape index (κ3) is 4.79. The number of rotatable bonds is 7. The molecule has 1 atom stereocenters. The first kappa shape index (κ1) is 18.4. The van der Waals surface area contributed by atoms with E-state index in [4.69, 9.17) is 4.74 Å². The van der Waals surface area contributed by atoms with E-state index >= 15 is 0 Å². The number of benzene rings is 2. The third-order valence-corrected chi connectivity index (χ3v) is 3.85. The Morgan fingerprint density at radius 1 is 1.20 bits per heavy atom. The Bertz CT molecular complexity index is 744. The van der Waals surface area contributed by atoms with Gasteiger partial charge in [0, 0.05) is 11.6 Å². The van der Waals surface area contributed by atoms with Crippen molar-refractivity contribution in [3.05, 3.63) is 69.8 Å². The zero-order valence-corrected chi connectivity index (χ0v) is 14.6. The molecule has 0 bridgehead atoms. The molecule has 0 fully saturated rings. The Labute approximate surface area is 147 Å². The van der Waals surface area contributed by atoms with Gasteiger partial charge in [0.05, 0.1) is 18.1 Å². The van der Waals surface area contributed by atoms with Crippen LogP contribution in [0, 0.1) is 16.0 Å². The fourth-order valence-electron chi connectivity index (χ4n) is 2.65. The van der Waals surface area contributed by atoms with Crippen molar-refractivity contribution in [3.8, 4) is 5.75 Å². The van der Waals surface area contributed by atoms with Gasteiger partial charge in [0.25, 0.3) is 5.91 Å². The van der Waals surface area contributed by atoms with E-state index in [1.807, 2.05) is 30.3 Å². The Balaban J connectivity index is 2.26. The molecule has 0 aromatic heterocycles. The van der Waals surface area contributed by atoms with Crippen LogP contribution in [-0.2, 0) is 0 Å². The lowest BCUT2D eigenvalue weighted by molar-refractivity contribution is -0.385. The molecule has 0 radical (unpaired) electrons. The molecular weight excluding hydrogens is 320 g/mol. The molecule has 0 saturated heterocycles. The van der Waals surface area contributed by atoms with Crippen LogP contribution in [0.3, 0.4) is 0 Å². The van der Waals surface area contributed by atoms with Crippen LogP contribution in [0.1, 0.15) is 42.2 Å². The van der Waals surface area contributed by atoms with Crippen LogP contribution >= 0.6 is 0 Å². The number of nitro groups is 1. The third-order valence-electron chi connectivity index (χ3n) is 3.85. The monoisotopic (exact) mass is 342 g/mol. The molecule has 6 nitrogen and oxygen atoms in total. The molecule has 0 aliphatic carbocycles. The van der Waals surface area contributed by atoms with E-state index in [1.165, 1.54) is 25.3 Å². The van der Waals surface area contributed by atoms with Crippen molar-refractivity contribution < 1.29 is 14.5 Å². The average Bonchev–Trinajstić information content (AvgIpc) is 2.60. The van der Waals surface area contributed by atoms with Gasteiger partial charge < -0.3 is 10.1 Å². The number of hydrogen-bond donors (Lipinski definition) is 1. The Morgan fingerprint density at radius 2 is 1.88 bits per heavy atom. The molecule has 2 aromatic rings. The number of nitro benzene ring substituents is 1. The fourth-order valence-corrected chi connectivity index (χ4v) is 2.65. The summed E-state index contributed by atoms with van der Waals surface area (Å²) in [5, 5.41) is 14.1. The summed E-state index contributed by atoms with van der Waals surface area (Å²) in [7, 11) is 1.36. The van der Waals surface area contributed by atoms with Crippen molar-refractivity contribution in [2.24, 2.45) is 5.92 Å². The molecule has 0 aliphatic heterocycles. The highest BCUT2D eigenvalue weighted by Crippen LogP contribution is 2.28. The molecule has 1 N–H and O–H groups in total. The SMILES string of the molecule is COc1ccc(C(=O)NC(CC(C)C)c2ccccc2)cc1[N+](=O)[O-]. The molecule has 0 aliphatic rings. The number of ether oxygens (including phenoxy) is 1. The van der Waals surface area contributed by atoms with Gasteiger partial charge in [-0.15, -0.1) is 0 Å². The summed E-state index contributed by atoms with van der Waals surface area (Å²) in [6.07, 6.45) is 0.772. The summed E-state index contributed by atoms with van der Waals surface area (Å²) in [5.41, 5.74) is 1.01. The number of nitrogens with zero attached hydrogens (tertiary/aromatic N) is 1. The molecule has 0 heterocycles. The van der Waals surface area contributed by atoms with Crippen LogP contribution in [0.15, 0.2) is 48.5 Å². The zero-order chi connectivity index (χ0) is 18.4. The second-order valence-corrected chi connectivity index (χ2v) is 6.21. The molecule has 1 amide bonds. The quantitative estimate of drug-likeness (QED) is 0.606. The largest absolute Gasteiger partial charge is 0.490 e. The van der Waals surface area contributed by atoms with Gasteiger partial charge in [0.15, 0.2) is 5.75 Å². The highest BCUT2D eigenvalue weighted by atomic mass is 16.6. The first-order chi connectivity index (χ1) is 11.9. The maximum absolute atomic E-state index is 12.6. The smallest absolute Gasteiger partial charge is 0.311 e. The summed E-state index contributed by atoms with van der Waals surface area (Å²) in [6, 6.07) is 13.7. The van der Waals surface area contributed by atoms with Crippen LogP contribution in [0.5, 0.6) is 5.75 Å². The Kier molecular flexibility index (Phi) is 6.11. The lowest BCUT2D eigenvalue weighted by Crippen LogP contribution is -2.29. The molecule has 6 heteroatoms. The summed E-state index contributed by atoms with van der Waals surface area (Å²) in [6.45, 7) is 4.17. The van der Waals surface area contributed by atoms with Gasteiger partial charge in [-0.25, -0.2) is 0 Å². The number of carbonyl (C=O) groups is 1. The van der Waals surface area contributed by atoms with Gasteiger partial charge in [0.1, 0.15) is 0 Å². The van der Waals surface area contributed by atoms with Crippen molar-refractivity contribution in [2.75, 3.05) is 7.11 Å². The number of amides is 1. The summed E-state index contributed by atoms with van der Waals surface area (Å²) in [4.78, 5) is 23.2. The minimum absolute atomic E-state index is 0.128. The molecular formula is C19H22N2O4. The van der Waals surface area contributed by atoms with Crippen LogP contribution < -0.4 is 10.1 Å². The van der Waals surface area contributed by atoms with E-state index in [-0.39, 0.29) is 28.9 Å². The van der Waals surface area contributed by atoms with Gasteiger partial charge in [0.2, 0.25) is 0 Å². The van der Waals surface area contributed by atoms with Crippen LogP contribution in [0.4, 0.5) is 5.69 Å². The van der Waals surface area contributed by atoms with Crippen LogP contribution in [0.25, 0.3) is 0 Å². The average molecular weight is 342 g/mol. The number of hydrogen-bond acceptors (Lipinski definition) is 4.